The van der Waals surface area contributed by atoms with Gasteiger partial charge in [0.2, 0.25) is 0 Å². The molecule has 1 amide bonds. The van der Waals surface area contributed by atoms with E-state index < -0.39 is 0 Å². The first-order valence-corrected chi connectivity index (χ1v) is 10.8. The molecule has 3 aromatic rings. The Balaban J connectivity index is 1.96. The Hall–Kier alpha value is -1.77. The number of hydrogen-bond donors (Lipinski definition) is 0. The molecule has 6 nitrogen and oxygen atoms in total. The Morgan fingerprint density at radius 2 is 1.96 bits per heavy atom. The summed E-state index contributed by atoms with van der Waals surface area (Å²) in [5.74, 6) is -0.0559. The van der Waals surface area contributed by atoms with Crippen molar-refractivity contribution in [2.24, 2.45) is 0 Å². The van der Waals surface area contributed by atoms with Gasteiger partial charge in [-0.15, -0.1) is 0 Å². The Bertz CT molecular complexity index is 918. The number of amides is 1. The SMILES string of the molecule is CCN(CC)CCN(C(=O)c1ccnn1CC)c1nc2ccc(Br)cc2s1. The van der Waals surface area contributed by atoms with Crippen LogP contribution in [0.4, 0.5) is 5.13 Å². The second-order valence-electron chi connectivity index (χ2n) is 6.12. The molecule has 0 aliphatic carbocycles. The monoisotopic (exact) mass is 449 g/mol. The first kappa shape index (κ1) is 20.0. The molecular weight excluding hydrogens is 426 g/mol. The van der Waals surface area contributed by atoms with Gasteiger partial charge in [-0.2, -0.15) is 5.10 Å². The standard InChI is InChI=1S/C19H24BrN5OS/c1-4-23(5-2)11-12-24(18(26)16-9-10-21-25(16)6-3)19-22-15-8-7-14(20)13-17(15)27-19/h7-10,13H,4-6,11-12H2,1-3H3. The molecule has 2 aromatic heterocycles. The minimum absolute atomic E-state index is 0.0559. The number of thiazole rings is 1. The summed E-state index contributed by atoms with van der Waals surface area (Å²) in [4.78, 5) is 22.1. The van der Waals surface area contributed by atoms with Crippen LogP contribution in [-0.2, 0) is 6.54 Å². The molecule has 0 fully saturated rings. The number of anilines is 1. The number of fused-ring (bicyclic) bond motifs is 1. The molecule has 1 aromatic carbocycles. The molecule has 0 saturated carbocycles. The zero-order valence-electron chi connectivity index (χ0n) is 15.9. The van der Waals surface area contributed by atoms with Crippen LogP contribution in [0.15, 0.2) is 34.9 Å². The van der Waals surface area contributed by atoms with Crippen molar-refractivity contribution < 1.29 is 4.79 Å². The lowest BCUT2D eigenvalue weighted by atomic mass is 10.3. The minimum atomic E-state index is -0.0559. The normalized spacial score (nSPS) is 11.4. The van der Waals surface area contributed by atoms with Crippen LogP contribution < -0.4 is 4.90 Å². The van der Waals surface area contributed by atoms with Crippen LogP contribution in [0.2, 0.25) is 0 Å². The molecule has 27 heavy (non-hydrogen) atoms. The second-order valence-corrected chi connectivity index (χ2v) is 8.05. The topological polar surface area (TPSA) is 54.3 Å². The Labute approximate surface area is 171 Å². The number of halogens is 1. The van der Waals surface area contributed by atoms with E-state index in [0.29, 0.717) is 18.8 Å². The van der Waals surface area contributed by atoms with E-state index in [1.807, 2.05) is 25.1 Å². The number of nitrogens with zero attached hydrogens (tertiary/aromatic N) is 5. The number of aryl methyl sites for hydroxylation is 1. The quantitative estimate of drug-likeness (QED) is 0.515. The minimum Gasteiger partial charge on any atom is -0.302 e. The van der Waals surface area contributed by atoms with Crippen molar-refractivity contribution in [2.75, 3.05) is 31.1 Å². The van der Waals surface area contributed by atoms with Crippen LogP contribution in [-0.4, -0.2) is 51.8 Å². The molecule has 0 radical (unpaired) electrons. The van der Waals surface area contributed by atoms with Crippen LogP contribution in [0, 0.1) is 0 Å². The summed E-state index contributed by atoms with van der Waals surface area (Å²) < 4.78 is 3.80. The Morgan fingerprint density at radius 1 is 1.19 bits per heavy atom. The van der Waals surface area contributed by atoms with Crippen LogP contribution >= 0.6 is 27.3 Å². The van der Waals surface area contributed by atoms with Gasteiger partial charge in [0.1, 0.15) is 5.69 Å². The third kappa shape index (κ3) is 4.39. The third-order valence-electron chi connectivity index (χ3n) is 4.58. The van der Waals surface area contributed by atoms with Crippen molar-refractivity contribution >= 4 is 48.5 Å². The molecule has 0 spiro atoms. The van der Waals surface area contributed by atoms with Gasteiger partial charge >= 0.3 is 0 Å². The van der Waals surface area contributed by atoms with E-state index in [2.05, 4.69) is 39.8 Å². The number of rotatable bonds is 8. The van der Waals surface area contributed by atoms with Gasteiger partial charge in [-0.25, -0.2) is 4.98 Å². The van der Waals surface area contributed by atoms with E-state index in [1.165, 1.54) is 0 Å². The third-order valence-corrected chi connectivity index (χ3v) is 6.12. The van der Waals surface area contributed by atoms with E-state index in [0.717, 1.165) is 39.5 Å². The summed E-state index contributed by atoms with van der Waals surface area (Å²) in [6, 6.07) is 7.77. The fourth-order valence-electron chi connectivity index (χ4n) is 2.97. The Morgan fingerprint density at radius 3 is 2.67 bits per heavy atom. The fraction of sp³-hybridized carbons (Fsp3) is 0.421. The summed E-state index contributed by atoms with van der Waals surface area (Å²) in [5, 5.41) is 4.98. The van der Waals surface area contributed by atoms with Gasteiger partial charge in [-0.3, -0.25) is 14.4 Å². The lowest BCUT2D eigenvalue weighted by Gasteiger charge is -2.24. The number of benzene rings is 1. The van der Waals surface area contributed by atoms with Crippen molar-refractivity contribution in [1.82, 2.24) is 19.7 Å². The number of carbonyl (C=O) groups excluding carboxylic acids is 1. The predicted octanol–water partition coefficient (Wildman–Crippen LogP) is 4.26. The van der Waals surface area contributed by atoms with Gasteiger partial charge < -0.3 is 4.90 Å². The van der Waals surface area contributed by atoms with Gasteiger partial charge in [-0.05, 0) is 44.3 Å². The molecule has 0 atom stereocenters. The predicted molar refractivity (Wildman–Crippen MR) is 115 cm³/mol. The largest absolute Gasteiger partial charge is 0.302 e. The molecule has 144 valence electrons. The van der Waals surface area contributed by atoms with E-state index >= 15 is 0 Å². The fourth-order valence-corrected chi connectivity index (χ4v) is 4.51. The second kappa shape index (κ2) is 8.95. The summed E-state index contributed by atoms with van der Waals surface area (Å²) >= 11 is 5.05. The summed E-state index contributed by atoms with van der Waals surface area (Å²) in [6.45, 7) is 10.2. The lowest BCUT2D eigenvalue weighted by molar-refractivity contribution is 0.0973. The van der Waals surface area contributed by atoms with Crippen LogP contribution in [0.3, 0.4) is 0 Å². The lowest BCUT2D eigenvalue weighted by Crippen LogP contribution is -2.39. The van der Waals surface area contributed by atoms with Crippen molar-refractivity contribution in [3.63, 3.8) is 0 Å². The number of carbonyl (C=O) groups is 1. The number of hydrogen-bond acceptors (Lipinski definition) is 5. The van der Waals surface area contributed by atoms with Crippen molar-refractivity contribution in [2.45, 2.75) is 27.3 Å². The maximum Gasteiger partial charge on any atom is 0.278 e. The van der Waals surface area contributed by atoms with Gasteiger partial charge in [0.15, 0.2) is 5.13 Å². The molecule has 0 N–H and O–H groups in total. The average Bonchev–Trinajstić information content (AvgIpc) is 3.31. The molecule has 0 aliphatic heterocycles. The molecule has 8 heteroatoms. The highest BCUT2D eigenvalue weighted by Crippen LogP contribution is 2.31. The van der Waals surface area contributed by atoms with Crippen LogP contribution in [0.25, 0.3) is 10.2 Å². The van der Waals surface area contributed by atoms with E-state index in [1.54, 1.807) is 33.2 Å². The van der Waals surface area contributed by atoms with Crippen LogP contribution in [0.5, 0.6) is 0 Å². The first-order chi connectivity index (χ1) is 13.1. The first-order valence-electron chi connectivity index (χ1n) is 9.19. The van der Waals surface area contributed by atoms with E-state index in [4.69, 9.17) is 4.98 Å². The molecular formula is C19H24BrN5OS. The molecule has 3 rings (SSSR count). The molecule has 2 heterocycles. The average molecular weight is 450 g/mol. The maximum absolute atomic E-state index is 13.3. The van der Waals surface area contributed by atoms with E-state index in [-0.39, 0.29) is 5.91 Å². The molecule has 0 saturated heterocycles. The van der Waals surface area contributed by atoms with E-state index in [9.17, 15) is 4.79 Å². The molecule has 0 bridgehead atoms. The van der Waals surface area contributed by atoms with Gasteiger partial charge in [0.05, 0.1) is 10.2 Å². The summed E-state index contributed by atoms with van der Waals surface area (Å²) in [6.07, 6.45) is 1.68. The Kier molecular flexibility index (Phi) is 6.62. The summed E-state index contributed by atoms with van der Waals surface area (Å²) in [5.41, 5.74) is 1.50. The van der Waals surface area contributed by atoms with Gasteiger partial charge in [0, 0.05) is 30.3 Å². The van der Waals surface area contributed by atoms with Crippen molar-refractivity contribution in [3.05, 3.63) is 40.6 Å². The number of aromatic nitrogens is 3. The zero-order valence-corrected chi connectivity index (χ0v) is 18.3. The highest BCUT2D eigenvalue weighted by Gasteiger charge is 2.24. The molecule has 0 unspecified atom stereocenters. The van der Waals surface area contributed by atoms with Gasteiger partial charge in [0.25, 0.3) is 5.91 Å². The van der Waals surface area contributed by atoms with Gasteiger partial charge in [-0.1, -0.05) is 41.1 Å². The smallest absolute Gasteiger partial charge is 0.278 e. The zero-order chi connectivity index (χ0) is 19.4. The summed E-state index contributed by atoms with van der Waals surface area (Å²) in [7, 11) is 0. The highest BCUT2D eigenvalue weighted by molar-refractivity contribution is 9.10. The van der Waals surface area contributed by atoms with Crippen molar-refractivity contribution in [3.8, 4) is 0 Å². The van der Waals surface area contributed by atoms with Crippen LogP contribution in [0.1, 0.15) is 31.3 Å². The molecule has 0 aliphatic rings. The maximum atomic E-state index is 13.3. The highest BCUT2D eigenvalue weighted by atomic mass is 79.9. The number of likely N-dealkylation sites (N-methyl/N-ethyl adjacent to an activating group) is 1. The van der Waals surface area contributed by atoms with Crippen molar-refractivity contribution in [1.29, 1.82) is 0 Å².